The quantitative estimate of drug-likeness (QED) is 0.149. The molecule has 0 bridgehead atoms. The minimum absolute atomic E-state index is 0. The first-order valence-corrected chi connectivity index (χ1v) is 19.5. The molecule has 0 saturated carbocycles. The van der Waals surface area contributed by atoms with E-state index in [1.807, 2.05) is 0 Å². The van der Waals surface area contributed by atoms with Gasteiger partial charge in [-0.15, -0.1) is 46.8 Å². The van der Waals surface area contributed by atoms with Crippen molar-refractivity contribution < 1.29 is 28.3 Å². The summed E-state index contributed by atoms with van der Waals surface area (Å²) in [7, 11) is 0. The molecule has 58 heavy (non-hydrogen) atoms. The third-order valence-electron chi connectivity index (χ3n) is 9.90. The van der Waals surface area contributed by atoms with Gasteiger partial charge in [0.1, 0.15) is 0 Å². The first kappa shape index (κ1) is 31.8. The zero-order valence-electron chi connectivity index (χ0n) is 37.2. The summed E-state index contributed by atoms with van der Waals surface area (Å²) in [6.07, 6.45) is 2.21. The van der Waals surface area contributed by atoms with Crippen LogP contribution in [-0.2, 0) is 26.5 Å². The Kier molecular flexibility index (Phi) is 9.60. The molecular formula is C53H39IrN3S-2. The van der Waals surface area contributed by atoms with Crippen LogP contribution in [0.25, 0.3) is 71.7 Å². The minimum Gasteiger partial charge on any atom is -0.332 e. The molecule has 0 amide bonds. The molecule has 3 heterocycles. The Morgan fingerprint density at radius 2 is 1.31 bits per heavy atom. The molecule has 0 aliphatic rings. The summed E-state index contributed by atoms with van der Waals surface area (Å²) < 4.78 is 47.2. The van der Waals surface area contributed by atoms with Crippen LogP contribution in [0.1, 0.15) is 30.5 Å². The molecule has 7 aromatic carbocycles. The molecule has 10 rings (SSSR count). The van der Waals surface area contributed by atoms with Gasteiger partial charge in [0.15, 0.2) is 0 Å². The predicted octanol–water partition coefficient (Wildman–Crippen LogP) is 13.8. The SMILES string of the molecule is [2H]C([2H])([2H])c1c[c-]c(-c2ccc(C([2H])([2H])[2H])cn2)cc1.[Ir].[c-]1sc2cc(Cc3ccccc3)ccc2c1-c1nc2ccccc2n1-c1c(-c2ccccc2)cccc1-c1ccccc1. The maximum Gasteiger partial charge on any atom is 0.0774 e. The second-order valence-corrected chi connectivity index (χ2v) is 14.5. The standard InChI is InChI=1S/C40H27N2S.C13H12N.Ir/c1-4-13-28(14-5-1)25-29-23-24-34-35(27-43-38(34)26-29)40-41-36-21-10-11-22-37(36)42(40)39-32(30-15-6-2-7-16-30)19-12-20-33(39)31-17-8-3-9-18-31;1-10-3-6-12(7-4-10)13-8-5-11(2)9-14-13;/h1-24,26H,25H2;3-6,8-9H,1-2H3;/q2*-1;/i;1D3,2D3;. The maximum absolute atomic E-state index is 7.28. The van der Waals surface area contributed by atoms with Crippen molar-refractivity contribution in [3.63, 3.8) is 0 Å². The molecule has 0 N–H and O–H groups in total. The molecule has 10 aromatic rings. The van der Waals surface area contributed by atoms with E-state index < -0.39 is 13.7 Å². The molecule has 5 heteroatoms. The van der Waals surface area contributed by atoms with Crippen LogP contribution in [0.4, 0.5) is 0 Å². The number of imidazole rings is 1. The summed E-state index contributed by atoms with van der Waals surface area (Å²) in [6, 6.07) is 64.3. The van der Waals surface area contributed by atoms with E-state index >= 15 is 0 Å². The van der Waals surface area contributed by atoms with Gasteiger partial charge in [-0.2, -0.15) is 0 Å². The third-order valence-corrected chi connectivity index (χ3v) is 10.8. The van der Waals surface area contributed by atoms with Crippen LogP contribution in [-0.4, -0.2) is 14.5 Å². The second-order valence-electron chi connectivity index (χ2n) is 13.7. The van der Waals surface area contributed by atoms with Crippen LogP contribution in [0.2, 0.25) is 0 Å². The summed E-state index contributed by atoms with van der Waals surface area (Å²) >= 11 is 1.67. The van der Waals surface area contributed by atoms with Crippen molar-refractivity contribution in [2.75, 3.05) is 0 Å². The first-order valence-electron chi connectivity index (χ1n) is 21.7. The molecule has 0 unspecified atom stereocenters. The van der Waals surface area contributed by atoms with E-state index in [1.165, 1.54) is 56.7 Å². The number of fused-ring (bicyclic) bond motifs is 2. The normalized spacial score (nSPS) is 12.8. The molecule has 0 spiro atoms. The molecule has 3 nitrogen and oxygen atoms in total. The van der Waals surface area contributed by atoms with Crippen molar-refractivity contribution >= 4 is 32.5 Å². The average Bonchev–Trinajstić information content (AvgIpc) is 3.91. The summed E-state index contributed by atoms with van der Waals surface area (Å²) in [5, 5.41) is 4.85. The molecule has 0 atom stereocenters. The van der Waals surface area contributed by atoms with E-state index in [0.29, 0.717) is 11.3 Å². The summed E-state index contributed by atoms with van der Waals surface area (Å²) in [4.78, 5) is 9.36. The Bertz CT molecular complexity index is 3030. The van der Waals surface area contributed by atoms with Gasteiger partial charge < -0.3 is 9.55 Å². The van der Waals surface area contributed by atoms with Gasteiger partial charge in [0.2, 0.25) is 0 Å². The number of aryl methyl sites for hydroxylation is 2. The Morgan fingerprint density at radius 1 is 0.638 bits per heavy atom. The molecule has 3 aromatic heterocycles. The fourth-order valence-electron chi connectivity index (χ4n) is 7.17. The zero-order chi connectivity index (χ0) is 43.6. The largest absolute Gasteiger partial charge is 0.332 e. The Morgan fingerprint density at radius 3 is 1.97 bits per heavy atom. The fourth-order valence-corrected chi connectivity index (χ4v) is 8.07. The molecule has 0 fully saturated rings. The predicted molar refractivity (Wildman–Crippen MR) is 239 cm³/mol. The number of para-hydroxylation sites is 3. The van der Waals surface area contributed by atoms with Crippen molar-refractivity contribution in [2.45, 2.75) is 20.1 Å². The molecule has 283 valence electrons. The van der Waals surface area contributed by atoms with Crippen LogP contribution >= 0.6 is 11.3 Å². The number of nitrogens with zero attached hydrogens (tertiary/aromatic N) is 3. The molecule has 0 saturated heterocycles. The topological polar surface area (TPSA) is 30.7 Å². The number of rotatable bonds is 7. The second kappa shape index (κ2) is 17.5. The third kappa shape index (κ3) is 8.12. The van der Waals surface area contributed by atoms with E-state index in [1.54, 1.807) is 23.5 Å². The van der Waals surface area contributed by atoms with Gasteiger partial charge in [-0.05, 0) is 53.4 Å². The van der Waals surface area contributed by atoms with Crippen LogP contribution in [0.5, 0.6) is 0 Å². The van der Waals surface area contributed by atoms with E-state index in [2.05, 4.69) is 173 Å². The maximum atomic E-state index is 7.28. The van der Waals surface area contributed by atoms with Crippen molar-refractivity contribution in [3.05, 3.63) is 222 Å². The number of hydrogen-bond acceptors (Lipinski definition) is 3. The Hall–Kier alpha value is -6.23. The first-order chi connectivity index (χ1) is 30.5. The smallest absolute Gasteiger partial charge is 0.0774 e. The number of hydrogen-bond donors (Lipinski definition) is 0. The summed E-state index contributed by atoms with van der Waals surface area (Å²) in [5.41, 5.74) is 13.0. The van der Waals surface area contributed by atoms with Crippen LogP contribution in [0, 0.1) is 25.2 Å². The van der Waals surface area contributed by atoms with Gasteiger partial charge in [-0.25, -0.2) is 0 Å². The zero-order valence-corrected chi connectivity index (χ0v) is 34.4. The summed E-state index contributed by atoms with van der Waals surface area (Å²) in [5.74, 6) is 0.906. The van der Waals surface area contributed by atoms with Gasteiger partial charge in [-0.3, -0.25) is 16.3 Å². The Balaban J connectivity index is 0.000000225. The van der Waals surface area contributed by atoms with Gasteiger partial charge in [0.25, 0.3) is 0 Å². The van der Waals surface area contributed by atoms with Gasteiger partial charge in [0, 0.05) is 45.7 Å². The van der Waals surface area contributed by atoms with Gasteiger partial charge in [-0.1, -0.05) is 174 Å². The van der Waals surface area contributed by atoms with Crippen LogP contribution in [0.15, 0.2) is 188 Å². The number of aromatic nitrogens is 3. The number of thiophene rings is 1. The van der Waals surface area contributed by atoms with E-state index in [0.717, 1.165) is 45.7 Å². The fraction of sp³-hybridized carbons (Fsp3) is 0.0566. The monoisotopic (exact) mass is 948 g/mol. The number of benzene rings is 7. The average molecular weight is 948 g/mol. The van der Waals surface area contributed by atoms with Crippen LogP contribution < -0.4 is 0 Å². The van der Waals surface area contributed by atoms with Gasteiger partial charge >= 0.3 is 0 Å². The van der Waals surface area contributed by atoms with Gasteiger partial charge in [0.05, 0.1) is 22.5 Å². The summed E-state index contributed by atoms with van der Waals surface area (Å²) in [6.45, 7) is -4.34. The molecule has 0 aliphatic carbocycles. The molecular weight excluding hydrogens is 903 g/mol. The van der Waals surface area contributed by atoms with E-state index in [4.69, 9.17) is 13.2 Å². The molecule has 0 aliphatic heterocycles. The van der Waals surface area contributed by atoms with Crippen molar-refractivity contribution in [1.82, 2.24) is 14.5 Å². The van der Waals surface area contributed by atoms with Crippen molar-refractivity contribution in [1.29, 1.82) is 0 Å². The Labute approximate surface area is 366 Å². The van der Waals surface area contributed by atoms with Crippen molar-refractivity contribution in [3.8, 4) is 50.6 Å². The number of pyridine rings is 1. The van der Waals surface area contributed by atoms with E-state index in [-0.39, 0.29) is 31.2 Å². The molecule has 1 radical (unpaired) electrons. The van der Waals surface area contributed by atoms with Crippen molar-refractivity contribution in [2.24, 2.45) is 0 Å². The minimum atomic E-state index is -2.18. The van der Waals surface area contributed by atoms with E-state index in [9.17, 15) is 0 Å². The van der Waals surface area contributed by atoms with Crippen LogP contribution in [0.3, 0.4) is 0 Å².